The number of ether oxygens (including phenoxy) is 2. The van der Waals surface area contributed by atoms with E-state index in [1.54, 1.807) is 0 Å². The zero-order chi connectivity index (χ0) is 21.8. The summed E-state index contributed by atoms with van der Waals surface area (Å²) in [5, 5.41) is 0.491. The van der Waals surface area contributed by atoms with Crippen LogP contribution < -0.4 is 9.64 Å². The molecule has 0 unspecified atom stereocenters. The van der Waals surface area contributed by atoms with Gasteiger partial charge in [-0.2, -0.15) is 0 Å². The Morgan fingerprint density at radius 1 is 1.23 bits per heavy atom. The van der Waals surface area contributed by atoms with Crippen LogP contribution in [0.4, 0.5) is 13.9 Å². The highest BCUT2D eigenvalue weighted by Gasteiger charge is 2.24. The van der Waals surface area contributed by atoms with Crippen molar-refractivity contribution >= 4 is 32.6 Å². The molecule has 2 heterocycles. The molecule has 0 radical (unpaired) electrons. The van der Waals surface area contributed by atoms with Crippen LogP contribution in [0.1, 0.15) is 17.3 Å². The van der Waals surface area contributed by atoms with Crippen molar-refractivity contribution in [1.82, 2.24) is 9.88 Å². The summed E-state index contributed by atoms with van der Waals surface area (Å²) in [6.07, 6.45) is 0. The molecule has 6 nitrogen and oxygen atoms in total. The summed E-state index contributed by atoms with van der Waals surface area (Å²) in [6.45, 7) is 6.23. The molecule has 4 rings (SSSR count). The van der Waals surface area contributed by atoms with Crippen LogP contribution in [0.3, 0.4) is 0 Å². The lowest BCUT2D eigenvalue weighted by atomic mass is 10.2. The normalized spacial score (nSPS) is 14.7. The predicted molar refractivity (Wildman–Crippen MR) is 116 cm³/mol. The molecule has 31 heavy (non-hydrogen) atoms. The molecule has 0 bridgehead atoms. The van der Waals surface area contributed by atoms with E-state index in [1.165, 1.54) is 22.3 Å². The summed E-state index contributed by atoms with van der Waals surface area (Å²) in [7, 11) is 0. The standard InChI is InChI=1S/C22H23F2N3O3S/c1-2-30-18-4-3-5-19-20(18)25-22(31-19)27(9-8-26-10-12-29-13-11-26)21(28)15-6-7-16(23)17(24)14-15/h3-7,14H,2,8-13H2,1H3. The predicted octanol–water partition coefficient (Wildman–Crippen LogP) is 3.95. The zero-order valence-electron chi connectivity index (χ0n) is 17.1. The zero-order valence-corrected chi connectivity index (χ0v) is 18.0. The smallest absolute Gasteiger partial charge is 0.260 e. The van der Waals surface area contributed by atoms with Gasteiger partial charge in [-0.1, -0.05) is 17.4 Å². The molecule has 9 heteroatoms. The second-order valence-corrected chi connectivity index (χ2v) is 8.08. The van der Waals surface area contributed by atoms with E-state index in [-0.39, 0.29) is 5.56 Å². The van der Waals surface area contributed by atoms with Gasteiger partial charge in [-0.25, -0.2) is 13.8 Å². The number of hydrogen-bond acceptors (Lipinski definition) is 6. The van der Waals surface area contributed by atoms with Gasteiger partial charge in [-0.3, -0.25) is 14.6 Å². The van der Waals surface area contributed by atoms with E-state index in [2.05, 4.69) is 9.88 Å². The lowest BCUT2D eigenvalue weighted by molar-refractivity contribution is 0.0391. The van der Waals surface area contributed by atoms with E-state index in [0.29, 0.717) is 49.3 Å². The van der Waals surface area contributed by atoms with Crippen molar-refractivity contribution in [2.24, 2.45) is 0 Å². The minimum atomic E-state index is -1.05. The van der Waals surface area contributed by atoms with Gasteiger partial charge in [0.05, 0.1) is 24.5 Å². The summed E-state index contributed by atoms with van der Waals surface area (Å²) in [6, 6.07) is 8.82. The summed E-state index contributed by atoms with van der Waals surface area (Å²) in [5.41, 5.74) is 0.754. The SMILES string of the molecule is CCOc1cccc2sc(N(CCN3CCOCC3)C(=O)c3ccc(F)c(F)c3)nc12. The fourth-order valence-electron chi connectivity index (χ4n) is 3.43. The third-order valence-electron chi connectivity index (χ3n) is 5.06. The van der Waals surface area contributed by atoms with Gasteiger partial charge < -0.3 is 9.47 Å². The largest absolute Gasteiger partial charge is 0.492 e. The molecule has 0 spiro atoms. The number of halogens is 2. The molecule has 164 valence electrons. The van der Waals surface area contributed by atoms with Crippen molar-refractivity contribution in [1.29, 1.82) is 0 Å². The molecule has 1 aromatic heterocycles. The van der Waals surface area contributed by atoms with E-state index < -0.39 is 17.5 Å². The van der Waals surface area contributed by atoms with Crippen molar-refractivity contribution in [2.45, 2.75) is 6.92 Å². The number of thiazole rings is 1. The number of aromatic nitrogens is 1. The van der Waals surface area contributed by atoms with Crippen LogP contribution in [0.2, 0.25) is 0 Å². The van der Waals surface area contributed by atoms with Gasteiger partial charge in [0.15, 0.2) is 16.8 Å². The van der Waals surface area contributed by atoms with E-state index >= 15 is 0 Å². The van der Waals surface area contributed by atoms with Gasteiger partial charge in [-0.15, -0.1) is 0 Å². The molecule has 1 saturated heterocycles. The average molecular weight is 448 g/mol. The Morgan fingerprint density at radius 2 is 2.03 bits per heavy atom. The molecular formula is C22H23F2N3O3S. The van der Waals surface area contributed by atoms with Crippen molar-refractivity contribution in [3.05, 3.63) is 53.6 Å². The van der Waals surface area contributed by atoms with Crippen LogP contribution in [0.5, 0.6) is 5.75 Å². The van der Waals surface area contributed by atoms with Crippen LogP contribution in [0, 0.1) is 11.6 Å². The maximum atomic E-state index is 13.8. The molecule has 1 amide bonds. The van der Waals surface area contributed by atoms with Gasteiger partial charge >= 0.3 is 0 Å². The number of fused-ring (bicyclic) bond motifs is 1. The quantitative estimate of drug-likeness (QED) is 0.549. The number of carbonyl (C=O) groups is 1. The first-order chi connectivity index (χ1) is 15.1. The van der Waals surface area contributed by atoms with Crippen LogP contribution in [0.15, 0.2) is 36.4 Å². The summed E-state index contributed by atoms with van der Waals surface area (Å²) in [4.78, 5) is 21.7. The lowest BCUT2D eigenvalue weighted by Crippen LogP contribution is -2.43. The molecule has 1 aliphatic rings. The van der Waals surface area contributed by atoms with Crippen LogP contribution in [-0.2, 0) is 4.74 Å². The summed E-state index contributed by atoms with van der Waals surface area (Å²) in [5.74, 6) is -1.82. The Kier molecular flexibility index (Phi) is 6.74. The Labute approximate surface area is 183 Å². The number of para-hydroxylation sites is 1. The van der Waals surface area contributed by atoms with Crippen molar-refractivity contribution in [3.63, 3.8) is 0 Å². The first-order valence-electron chi connectivity index (χ1n) is 10.2. The summed E-state index contributed by atoms with van der Waals surface area (Å²) >= 11 is 1.37. The molecule has 0 atom stereocenters. The first-order valence-corrected chi connectivity index (χ1v) is 11.0. The maximum Gasteiger partial charge on any atom is 0.260 e. The van der Waals surface area contributed by atoms with Gasteiger partial charge in [0.1, 0.15) is 11.3 Å². The molecule has 0 aliphatic carbocycles. The number of morpholine rings is 1. The van der Waals surface area contributed by atoms with Crippen molar-refractivity contribution in [3.8, 4) is 5.75 Å². The number of carbonyl (C=O) groups excluding carboxylic acids is 1. The lowest BCUT2D eigenvalue weighted by Gasteiger charge is -2.29. The minimum Gasteiger partial charge on any atom is -0.492 e. The van der Waals surface area contributed by atoms with Gasteiger partial charge in [0, 0.05) is 31.7 Å². The second kappa shape index (κ2) is 9.67. The molecule has 0 N–H and O–H groups in total. The molecular weight excluding hydrogens is 424 g/mol. The number of nitrogens with zero attached hydrogens (tertiary/aromatic N) is 3. The average Bonchev–Trinajstić information content (AvgIpc) is 3.21. The van der Waals surface area contributed by atoms with E-state index in [1.807, 2.05) is 25.1 Å². The van der Waals surface area contributed by atoms with Crippen molar-refractivity contribution in [2.75, 3.05) is 50.9 Å². The van der Waals surface area contributed by atoms with Gasteiger partial charge in [-0.05, 0) is 37.3 Å². The molecule has 0 saturated carbocycles. The molecule has 3 aromatic rings. The number of amides is 1. The molecule has 1 aliphatic heterocycles. The second-order valence-electron chi connectivity index (χ2n) is 7.07. The number of benzene rings is 2. The number of anilines is 1. The highest BCUT2D eigenvalue weighted by atomic mass is 32.1. The first kappa shape index (κ1) is 21.6. The number of rotatable bonds is 7. The monoisotopic (exact) mass is 447 g/mol. The van der Waals surface area contributed by atoms with E-state index in [9.17, 15) is 13.6 Å². The Hall–Kier alpha value is -2.62. The van der Waals surface area contributed by atoms with Crippen LogP contribution in [0.25, 0.3) is 10.2 Å². The fourth-order valence-corrected chi connectivity index (χ4v) is 4.44. The topological polar surface area (TPSA) is 54.9 Å². The Morgan fingerprint density at radius 3 is 2.77 bits per heavy atom. The highest BCUT2D eigenvalue weighted by Crippen LogP contribution is 2.34. The number of hydrogen-bond donors (Lipinski definition) is 0. The van der Waals surface area contributed by atoms with E-state index in [0.717, 1.165) is 29.9 Å². The van der Waals surface area contributed by atoms with E-state index in [4.69, 9.17) is 9.47 Å². The fraction of sp³-hybridized carbons (Fsp3) is 0.364. The Bertz CT molecular complexity index is 1070. The van der Waals surface area contributed by atoms with Crippen LogP contribution >= 0.6 is 11.3 Å². The molecule has 2 aromatic carbocycles. The van der Waals surface area contributed by atoms with Gasteiger partial charge in [0.25, 0.3) is 5.91 Å². The van der Waals surface area contributed by atoms with Crippen molar-refractivity contribution < 1.29 is 23.0 Å². The van der Waals surface area contributed by atoms with Crippen LogP contribution in [-0.4, -0.2) is 61.8 Å². The van der Waals surface area contributed by atoms with Gasteiger partial charge in [0.2, 0.25) is 0 Å². The highest BCUT2D eigenvalue weighted by molar-refractivity contribution is 7.22. The maximum absolute atomic E-state index is 13.8. The Balaban J connectivity index is 1.67. The third kappa shape index (κ3) is 4.84. The minimum absolute atomic E-state index is 0.0742. The third-order valence-corrected chi connectivity index (χ3v) is 6.10. The molecule has 1 fully saturated rings. The summed E-state index contributed by atoms with van der Waals surface area (Å²) < 4.78 is 39.1.